The highest BCUT2D eigenvalue weighted by Gasteiger charge is 2.06. The molecule has 2 aromatic carbocycles. The van der Waals surface area contributed by atoms with Crippen molar-refractivity contribution in [3.05, 3.63) is 65.2 Å². The van der Waals surface area contributed by atoms with Crippen LogP contribution in [-0.4, -0.2) is 6.61 Å². The van der Waals surface area contributed by atoms with Crippen molar-refractivity contribution < 1.29 is 4.74 Å². The Labute approximate surface area is 154 Å². The van der Waals surface area contributed by atoms with Crippen molar-refractivity contribution in [1.82, 2.24) is 0 Å². The van der Waals surface area contributed by atoms with E-state index < -0.39 is 0 Å². The second-order valence-corrected chi connectivity index (χ2v) is 6.91. The van der Waals surface area contributed by atoms with Gasteiger partial charge in [-0.25, -0.2) is 0 Å². The van der Waals surface area contributed by atoms with Gasteiger partial charge in [-0.1, -0.05) is 87.9 Å². The number of hydrogen-bond donors (Lipinski definition) is 0. The highest BCUT2D eigenvalue weighted by molar-refractivity contribution is 5.39. The molecule has 0 fully saturated rings. The van der Waals surface area contributed by atoms with Crippen LogP contribution in [0.25, 0.3) is 0 Å². The number of rotatable bonds is 12. The SMILES string of the molecule is CCCCCCCCCc1ccc(Cc2ccccc2)cc1OCC. The molecule has 136 valence electrons. The molecule has 0 heterocycles. The standard InChI is InChI=1S/C24H34O/c1-3-5-6-7-8-9-13-16-23-18-17-22(20-24(23)25-4-2)19-21-14-11-10-12-15-21/h10-12,14-15,17-18,20H,3-9,13,16,19H2,1-2H3. The summed E-state index contributed by atoms with van der Waals surface area (Å²) in [5.41, 5.74) is 4.05. The third-order valence-corrected chi connectivity index (χ3v) is 4.73. The molecule has 0 saturated heterocycles. The first kappa shape index (κ1) is 19.6. The summed E-state index contributed by atoms with van der Waals surface area (Å²) in [6.07, 6.45) is 11.6. The molecule has 0 radical (unpaired) electrons. The summed E-state index contributed by atoms with van der Waals surface area (Å²) in [7, 11) is 0. The monoisotopic (exact) mass is 338 g/mol. The molecule has 1 heteroatoms. The van der Waals surface area contributed by atoms with E-state index in [1.165, 1.54) is 61.6 Å². The zero-order chi connectivity index (χ0) is 17.7. The second kappa shape index (κ2) is 11.7. The molecule has 25 heavy (non-hydrogen) atoms. The molecule has 0 amide bonds. The van der Waals surface area contributed by atoms with Gasteiger partial charge in [0.15, 0.2) is 0 Å². The first-order valence-electron chi connectivity index (χ1n) is 10.1. The summed E-state index contributed by atoms with van der Waals surface area (Å²) in [5, 5.41) is 0. The Hall–Kier alpha value is -1.76. The van der Waals surface area contributed by atoms with Crippen molar-refractivity contribution in [3.8, 4) is 5.75 Å². The molecule has 0 N–H and O–H groups in total. The predicted octanol–water partition coefficient (Wildman–Crippen LogP) is 6.97. The van der Waals surface area contributed by atoms with Crippen LogP contribution in [0.5, 0.6) is 5.75 Å². The van der Waals surface area contributed by atoms with Gasteiger partial charge < -0.3 is 4.74 Å². The molecular formula is C24H34O. The molecule has 2 aromatic rings. The molecule has 2 rings (SSSR count). The fourth-order valence-corrected chi connectivity index (χ4v) is 3.31. The lowest BCUT2D eigenvalue weighted by Crippen LogP contribution is -1.99. The van der Waals surface area contributed by atoms with Crippen LogP contribution >= 0.6 is 0 Å². The van der Waals surface area contributed by atoms with E-state index in [1.807, 2.05) is 0 Å². The molecule has 0 aliphatic rings. The average Bonchev–Trinajstić information content (AvgIpc) is 2.63. The van der Waals surface area contributed by atoms with Gasteiger partial charge in [0.1, 0.15) is 5.75 Å². The molecule has 0 spiro atoms. The van der Waals surface area contributed by atoms with Crippen LogP contribution in [0.15, 0.2) is 48.5 Å². The van der Waals surface area contributed by atoms with Gasteiger partial charge in [0.25, 0.3) is 0 Å². The predicted molar refractivity (Wildman–Crippen MR) is 109 cm³/mol. The zero-order valence-electron chi connectivity index (χ0n) is 16.1. The Kier molecular flexibility index (Phi) is 9.18. The molecule has 0 aromatic heterocycles. The van der Waals surface area contributed by atoms with Gasteiger partial charge in [-0.3, -0.25) is 0 Å². The van der Waals surface area contributed by atoms with Crippen molar-refractivity contribution in [2.75, 3.05) is 6.61 Å². The quantitative estimate of drug-likeness (QED) is 0.380. The minimum absolute atomic E-state index is 0.735. The smallest absolute Gasteiger partial charge is 0.122 e. The van der Waals surface area contributed by atoms with Crippen molar-refractivity contribution in [2.24, 2.45) is 0 Å². The van der Waals surface area contributed by atoms with Crippen LogP contribution in [0.4, 0.5) is 0 Å². The van der Waals surface area contributed by atoms with Gasteiger partial charge in [-0.15, -0.1) is 0 Å². The molecule has 1 nitrogen and oxygen atoms in total. The van der Waals surface area contributed by atoms with Gasteiger partial charge in [0.05, 0.1) is 6.61 Å². The Bertz CT molecular complexity index is 588. The molecule has 0 bridgehead atoms. The van der Waals surface area contributed by atoms with E-state index in [4.69, 9.17) is 4.74 Å². The summed E-state index contributed by atoms with van der Waals surface area (Å²) in [5.74, 6) is 1.09. The Balaban J connectivity index is 1.87. The number of benzene rings is 2. The maximum absolute atomic E-state index is 5.93. The lowest BCUT2D eigenvalue weighted by Gasteiger charge is -2.13. The lowest BCUT2D eigenvalue weighted by molar-refractivity contribution is 0.335. The summed E-state index contributed by atoms with van der Waals surface area (Å²) >= 11 is 0. The van der Waals surface area contributed by atoms with E-state index in [-0.39, 0.29) is 0 Å². The van der Waals surface area contributed by atoms with Crippen LogP contribution < -0.4 is 4.74 Å². The van der Waals surface area contributed by atoms with E-state index in [2.05, 4.69) is 62.4 Å². The molecule has 0 aliphatic heterocycles. The van der Waals surface area contributed by atoms with Gasteiger partial charge in [0, 0.05) is 0 Å². The van der Waals surface area contributed by atoms with Crippen LogP contribution in [0, 0.1) is 0 Å². The Morgan fingerprint density at radius 1 is 0.720 bits per heavy atom. The van der Waals surface area contributed by atoms with Crippen LogP contribution in [0.2, 0.25) is 0 Å². The number of hydrogen-bond acceptors (Lipinski definition) is 1. The maximum Gasteiger partial charge on any atom is 0.122 e. The highest BCUT2D eigenvalue weighted by Crippen LogP contribution is 2.24. The fraction of sp³-hybridized carbons (Fsp3) is 0.500. The van der Waals surface area contributed by atoms with Gasteiger partial charge >= 0.3 is 0 Å². The normalized spacial score (nSPS) is 10.8. The number of ether oxygens (including phenoxy) is 1. The maximum atomic E-state index is 5.93. The summed E-state index contributed by atoms with van der Waals surface area (Å²) < 4.78 is 5.93. The summed E-state index contributed by atoms with van der Waals surface area (Å²) in [6, 6.07) is 17.4. The first-order chi connectivity index (χ1) is 12.3. The Morgan fingerprint density at radius 3 is 2.16 bits per heavy atom. The van der Waals surface area contributed by atoms with E-state index in [0.29, 0.717) is 0 Å². The van der Waals surface area contributed by atoms with Gasteiger partial charge in [-0.05, 0) is 48.9 Å². The zero-order valence-corrected chi connectivity index (χ0v) is 16.1. The molecule has 0 atom stereocenters. The second-order valence-electron chi connectivity index (χ2n) is 6.91. The summed E-state index contributed by atoms with van der Waals surface area (Å²) in [6.45, 7) is 5.08. The lowest BCUT2D eigenvalue weighted by atomic mass is 9.99. The molecule has 0 saturated carbocycles. The molecule has 0 unspecified atom stereocenters. The minimum atomic E-state index is 0.735. The topological polar surface area (TPSA) is 9.23 Å². The number of aryl methyl sites for hydroxylation is 1. The van der Waals surface area contributed by atoms with Crippen LogP contribution in [-0.2, 0) is 12.8 Å². The van der Waals surface area contributed by atoms with E-state index in [0.717, 1.165) is 25.2 Å². The van der Waals surface area contributed by atoms with Gasteiger partial charge in [0.2, 0.25) is 0 Å². The first-order valence-corrected chi connectivity index (χ1v) is 10.1. The average molecular weight is 339 g/mol. The third-order valence-electron chi connectivity index (χ3n) is 4.73. The van der Waals surface area contributed by atoms with Crippen molar-refractivity contribution in [3.63, 3.8) is 0 Å². The Morgan fingerprint density at radius 2 is 1.44 bits per heavy atom. The largest absolute Gasteiger partial charge is 0.494 e. The van der Waals surface area contributed by atoms with Crippen LogP contribution in [0.1, 0.15) is 75.5 Å². The van der Waals surface area contributed by atoms with Gasteiger partial charge in [-0.2, -0.15) is 0 Å². The number of unbranched alkanes of at least 4 members (excludes halogenated alkanes) is 6. The molecule has 0 aliphatic carbocycles. The van der Waals surface area contributed by atoms with Crippen molar-refractivity contribution in [2.45, 2.75) is 71.6 Å². The van der Waals surface area contributed by atoms with Crippen molar-refractivity contribution in [1.29, 1.82) is 0 Å². The fourth-order valence-electron chi connectivity index (χ4n) is 3.31. The molecular weight excluding hydrogens is 304 g/mol. The third kappa shape index (κ3) is 7.34. The van der Waals surface area contributed by atoms with E-state index in [1.54, 1.807) is 0 Å². The highest BCUT2D eigenvalue weighted by atomic mass is 16.5. The van der Waals surface area contributed by atoms with E-state index in [9.17, 15) is 0 Å². The van der Waals surface area contributed by atoms with E-state index >= 15 is 0 Å². The minimum Gasteiger partial charge on any atom is -0.494 e. The van der Waals surface area contributed by atoms with Crippen LogP contribution in [0.3, 0.4) is 0 Å². The van der Waals surface area contributed by atoms with Crippen molar-refractivity contribution >= 4 is 0 Å². The summed E-state index contributed by atoms with van der Waals surface area (Å²) in [4.78, 5) is 0.